The summed E-state index contributed by atoms with van der Waals surface area (Å²) >= 11 is 19.4. The molecule has 0 aliphatic heterocycles. The molecule has 2 unspecified atom stereocenters. The Morgan fingerprint density at radius 1 is 1.00 bits per heavy atom. The lowest BCUT2D eigenvalue weighted by atomic mass is 10.0. The third-order valence-corrected chi connectivity index (χ3v) is 7.50. The molecular formula is C28H22Cl3NO5. The van der Waals surface area contributed by atoms with Crippen molar-refractivity contribution >= 4 is 40.8 Å². The first-order chi connectivity index (χ1) is 17.9. The third-order valence-electron chi connectivity index (χ3n) is 6.54. The van der Waals surface area contributed by atoms with Crippen molar-refractivity contribution in [2.45, 2.75) is 31.3 Å². The molecule has 1 heterocycles. The van der Waals surface area contributed by atoms with Crippen LogP contribution in [0.2, 0.25) is 15.1 Å². The summed E-state index contributed by atoms with van der Waals surface area (Å²) in [6, 6.07) is 17.8. The third kappa shape index (κ3) is 5.34. The van der Waals surface area contributed by atoms with Crippen LogP contribution in [-0.4, -0.2) is 27.9 Å². The number of hydrogen-bond donors (Lipinski definition) is 2. The number of carboxylic acid groups (broad SMARTS) is 1. The fourth-order valence-electron chi connectivity index (χ4n) is 4.54. The van der Waals surface area contributed by atoms with E-state index in [1.54, 1.807) is 36.4 Å². The topological polar surface area (TPSA) is 92.8 Å². The smallest absolute Gasteiger partial charge is 0.335 e. The van der Waals surface area contributed by atoms with Crippen molar-refractivity contribution in [2.75, 3.05) is 6.61 Å². The first-order valence-corrected chi connectivity index (χ1v) is 12.8. The van der Waals surface area contributed by atoms with Crippen molar-refractivity contribution in [3.63, 3.8) is 0 Å². The summed E-state index contributed by atoms with van der Waals surface area (Å²) in [5.41, 5.74) is 4.06. The van der Waals surface area contributed by atoms with Crippen LogP contribution in [0.3, 0.4) is 0 Å². The largest absolute Gasteiger partial charge is 0.489 e. The van der Waals surface area contributed by atoms with E-state index in [-0.39, 0.29) is 31.1 Å². The molecule has 0 amide bonds. The highest BCUT2D eigenvalue weighted by Gasteiger charge is 2.40. The number of rotatable bonds is 9. The van der Waals surface area contributed by atoms with Gasteiger partial charge in [-0.2, -0.15) is 0 Å². The lowest BCUT2D eigenvalue weighted by molar-refractivity contribution is 0.0697. The molecule has 190 valence electrons. The molecule has 1 fully saturated rings. The maximum Gasteiger partial charge on any atom is 0.335 e. The van der Waals surface area contributed by atoms with Gasteiger partial charge in [0.25, 0.3) is 0 Å². The molecule has 6 nitrogen and oxygen atoms in total. The number of halogens is 3. The summed E-state index contributed by atoms with van der Waals surface area (Å²) < 4.78 is 11.5. The van der Waals surface area contributed by atoms with Crippen LogP contribution in [0.25, 0.3) is 11.3 Å². The summed E-state index contributed by atoms with van der Waals surface area (Å²) in [5, 5.41) is 24.2. The van der Waals surface area contributed by atoms with Gasteiger partial charge >= 0.3 is 5.97 Å². The monoisotopic (exact) mass is 557 g/mol. The van der Waals surface area contributed by atoms with Crippen LogP contribution < -0.4 is 4.74 Å². The molecule has 1 aliphatic rings. The Balaban J connectivity index is 1.32. The molecule has 0 spiro atoms. The van der Waals surface area contributed by atoms with E-state index >= 15 is 0 Å². The summed E-state index contributed by atoms with van der Waals surface area (Å²) in [7, 11) is 0. The van der Waals surface area contributed by atoms with Crippen LogP contribution in [0.15, 0.2) is 65.2 Å². The van der Waals surface area contributed by atoms with Crippen molar-refractivity contribution in [3.05, 3.63) is 104 Å². The molecule has 2 N–H and O–H groups in total. The minimum atomic E-state index is -0.936. The quantitative estimate of drug-likeness (QED) is 0.223. The first kappa shape index (κ1) is 25.6. The highest BCUT2D eigenvalue weighted by molar-refractivity contribution is 6.39. The second kappa shape index (κ2) is 10.8. The first-order valence-electron chi connectivity index (χ1n) is 11.7. The average molecular weight is 559 g/mol. The van der Waals surface area contributed by atoms with Gasteiger partial charge in [0, 0.05) is 17.0 Å². The number of aromatic carboxylic acids is 1. The van der Waals surface area contributed by atoms with Crippen molar-refractivity contribution in [1.82, 2.24) is 5.16 Å². The van der Waals surface area contributed by atoms with Crippen molar-refractivity contribution in [3.8, 4) is 17.0 Å². The molecule has 0 saturated heterocycles. The van der Waals surface area contributed by atoms with Crippen LogP contribution in [0, 0.1) is 0 Å². The van der Waals surface area contributed by atoms with Crippen LogP contribution >= 0.6 is 34.8 Å². The lowest BCUT2D eigenvalue weighted by Crippen LogP contribution is -2.02. The maximum absolute atomic E-state index is 11.1. The van der Waals surface area contributed by atoms with Gasteiger partial charge < -0.3 is 19.5 Å². The molecule has 0 bridgehead atoms. The number of benzene rings is 3. The SMILES string of the molecule is O=C(O)c1ccc(C2CC2c2ccc(OCc3c(-c4c(Cl)cccc4Cl)noc3CCO)cc2Cl)cc1. The second-order valence-electron chi connectivity index (χ2n) is 8.85. The van der Waals surface area contributed by atoms with Crippen molar-refractivity contribution in [2.24, 2.45) is 0 Å². The van der Waals surface area contributed by atoms with Gasteiger partial charge in [-0.1, -0.05) is 64.2 Å². The van der Waals surface area contributed by atoms with Gasteiger partial charge in [-0.15, -0.1) is 0 Å². The van der Waals surface area contributed by atoms with Gasteiger partial charge in [0.2, 0.25) is 0 Å². The van der Waals surface area contributed by atoms with E-state index in [2.05, 4.69) is 5.16 Å². The fraction of sp³-hybridized carbons (Fsp3) is 0.214. The minimum absolute atomic E-state index is 0.111. The molecule has 37 heavy (non-hydrogen) atoms. The Labute approximate surface area is 228 Å². The highest BCUT2D eigenvalue weighted by Crippen LogP contribution is 2.56. The second-order valence-corrected chi connectivity index (χ2v) is 10.1. The number of aliphatic hydroxyl groups is 1. The Morgan fingerprint density at radius 2 is 1.73 bits per heavy atom. The molecule has 5 rings (SSSR count). The Bertz CT molecular complexity index is 1430. The molecule has 2 atom stereocenters. The molecule has 4 aromatic rings. The van der Waals surface area contributed by atoms with Gasteiger partial charge in [0.15, 0.2) is 0 Å². The summed E-state index contributed by atoms with van der Waals surface area (Å²) in [4.78, 5) is 11.1. The number of ether oxygens (including phenoxy) is 1. The molecule has 0 radical (unpaired) electrons. The fourth-order valence-corrected chi connectivity index (χ4v) is 5.43. The molecule has 1 aliphatic carbocycles. The zero-order valence-electron chi connectivity index (χ0n) is 19.5. The van der Waals surface area contributed by atoms with E-state index in [1.165, 1.54) is 0 Å². The standard InChI is InChI=1S/C28H22Cl3NO5/c29-22-2-1-3-23(30)26(22)27-21(25(10-11-33)37-32-27)14-36-17-8-9-18(24(31)12-17)20-13-19(20)15-4-6-16(7-5-15)28(34)35/h1-9,12,19-20,33H,10-11,13-14H2,(H,34,35). The van der Waals surface area contributed by atoms with Crippen LogP contribution in [-0.2, 0) is 13.0 Å². The number of hydrogen-bond acceptors (Lipinski definition) is 5. The number of nitrogens with zero attached hydrogens (tertiary/aromatic N) is 1. The highest BCUT2D eigenvalue weighted by atomic mass is 35.5. The molecule has 1 saturated carbocycles. The zero-order valence-corrected chi connectivity index (χ0v) is 21.7. The van der Waals surface area contributed by atoms with Crippen molar-refractivity contribution in [1.29, 1.82) is 0 Å². The number of aromatic nitrogens is 1. The number of aliphatic hydroxyl groups excluding tert-OH is 1. The van der Waals surface area contributed by atoms with Gasteiger partial charge in [-0.05, 0) is 65.8 Å². The van der Waals surface area contributed by atoms with Crippen LogP contribution in [0.1, 0.15) is 51.1 Å². The summed E-state index contributed by atoms with van der Waals surface area (Å²) in [6.07, 6.45) is 1.21. The Morgan fingerprint density at radius 3 is 2.38 bits per heavy atom. The van der Waals surface area contributed by atoms with E-state index in [1.807, 2.05) is 24.3 Å². The lowest BCUT2D eigenvalue weighted by Gasteiger charge is -2.11. The van der Waals surface area contributed by atoms with Gasteiger partial charge in [0.05, 0.1) is 27.8 Å². The predicted molar refractivity (Wildman–Crippen MR) is 142 cm³/mol. The summed E-state index contributed by atoms with van der Waals surface area (Å²) in [5.74, 6) is 0.692. The predicted octanol–water partition coefficient (Wildman–Crippen LogP) is 7.38. The molecule has 9 heteroatoms. The zero-order chi connectivity index (χ0) is 26.1. The van der Waals surface area contributed by atoms with E-state index in [4.69, 9.17) is 49.2 Å². The van der Waals surface area contributed by atoms with Gasteiger partial charge in [0.1, 0.15) is 23.8 Å². The Hall–Kier alpha value is -3.03. The van der Waals surface area contributed by atoms with E-state index in [9.17, 15) is 9.90 Å². The van der Waals surface area contributed by atoms with Crippen molar-refractivity contribution < 1.29 is 24.3 Å². The van der Waals surface area contributed by atoms with Crippen LogP contribution in [0.4, 0.5) is 0 Å². The van der Waals surface area contributed by atoms with Crippen LogP contribution in [0.5, 0.6) is 5.75 Å². The van der Waals surface area contributed by atoms with Gasteiger partial charge in [-0.25, -0.2) is 4.79 Å². The molecular weight excluding hydrogens is 537 g/mol. The van der Waals surface area contributed by atoms with Gasteiger partial charge in [-0.3, -0.25) is 0 Å². The molecule has 3 aromatic carbocycles. The van der Waals surface area contributed by atoms with E-state index in [0.717, 1.165) is 17.5 Å². The Kier molecular flexibility index (Phi) is 7.45. The minimum Gasteiger partial charge on any atom is -0.489 e. The van der Waals surface area contributed by atoms with E-state index < -0.39 is 5.97 Å². The van der Waals surface area contributed by atoms with E-state index in [0.29, 0.717) is 49.3 Å². The number of carbonyl (C=O) groups is 1. The maximum atomic E-state index is 11.1. The normalized spacial score (nSPS) is 16.5. The molecule has 1 aromatic heterocycles. The number of carboxylic acids is 1. The summed E-state index contributed by atoms with van der Waals surface area (Å²) in [6.45, 7) is 0.00732. The average Bonchev–Trinajstić information content (AvgIpc) is 3.57.